The number of carboxylic acid groups (broad SMARTS) is 1. The van der Waals surface area contributed by atoms with Crippen LogP contribution in [0.25, 0.3) is 0 Å². The van der Waals surface area contributed by atoms with Crippen molar-refractivity contribution in [3.63, 3.8) is 0 Å². The Balaban J connectivity index is 3.16. The predicted octanol–water partition coefficient (Wildman–Crippen LogP) is 2.65. The Morgan fingerprint density at radius 2 is 2.22 bits per heavy atom. The van der Waals surface area contributed by atoms with Gasteiger partial charge in [-0.3, -0.25) is 4.79 Å². The smallest absolute Gasteiger partial charge is 0.318 e. The lowest BCUT2D eigenvalue weighted by atomic mass is 10.5. The van der Waals surface area contributed by atoms with Gasteiger partial charge in [-0.15, -0.1) is 11.3 Å². The van der Waals surface area contributed by atoms with Crippen LogP contribution >= 0.6 is 38.9 Å². The fraction of sp³-hybridized carbons (Fsp3) is 0.444. The summed E-state index contributed by atoms with van der Waals surface area (Å²) in [6.45, 7) is 1.34. The molecule has 18 heavy (non-hydrogen) atoms. The van der Waals surface area contributed by atoms with Crippen molar-refractivity contribution in [1.29, 1.82) is 0 Å². The number of rotatable bonds is 6. The van der Waals surface area contributed by atoms with Crippen molar-refractivity contribution in [2.75, 3.05) is 13.1 Å². The van der Waals surface area contributed by atoms with Crippen LogP contribution in [0, 0.1) is 0 Å². The molecule has 0 saturated carbocycles. The van der Waals surface area contributed by atoms with Crippen molar-refractivity contribution in [3.8, 4) is 0 Å². The van der Waals surface area contributed by atoms with E-state index in [0.717, 1.165) is 15.6 Å². The Labute approximate surface area is 123 Å². The summed E-state index contributed by atoms with van der Waals surface area (Å²) in [4.78, 5) is 10.6. The maximum atomic E-state index is 12.3. The van der Waals surface area contributed by atoms with Gasteiger partial charge in [0.25, 0.3) is 0 Å². The second-order valence-electron chi connectivity index (χ2n) is 3.42. The second-order valence-corrected chi connectivity index (χ2v) is 8.36. The summed E-state index contributed by atoms with van der Waals surface area (Å²) in [5.41, 5.74) is 0. The summed E-state index contributed by atoms with van der Waals surface area (Å²) < 4.78 is 26.1. The first-order valence-corrected chi connectivity index (χ1v) is 8.38. The average molecular weight is 377 g/mol. The maximum Gasteiger partial charge on any atom is 0.318 e. The molecular weight excluding hydrogens is 366 g/mol. The SMILES string of the molecule is CCCN(CC(=O)O)S(=O)(=O)c1cc(Br)sc1Cl. The highest BCUT2D eigenvalue weighted by Gasteiger charge is 2.29. The zero-order valence-electron chi connectivity index (χ0n) is 9.39. The topological polar surface area (TPSA) is 74.7 Å². The van der Waals surface area contributed by atoms with Crippen LogP contribution in [0.2, 0.25) is 4.34 Å². The van der Waals surface area contributed by atoms with Crippen molar-refractivity contribution in [3.05, 3.63) is 14.2 Å². The molecule has 1 rings (SSSR count). The molecule has 0 aliphatic rings. The molecule has 0 aliphatic carbocycles. The lowest BCUT2D eigenvalue weighted by molar-refractivity contribution is -0.137. The lowest BCUT2D eigenvalue weighted by Gasteiger charge is -2.18. The van der Waals surface area contributed by atoms with Gasteiger partial charge in [0.05, 0.1) is 3.79 Å². The van der Waals surface area contributed by atoms with Gasteiger partial charge >= 0.3 is 5.97 Å². The van der Waals surface area contributed by atoms with Gasteiger partial charge < -0.3 is 5.11 Å². The van der Waals surface area contributed by atoms with Crippen LogP contribution in [-0.2, 0) is 14.8 Å². The first-order chi connectivity index (χ1) is 8.28. The monoisotopic (exact) mass is 375 g/mol. The fourth-order valence-corrected chi connectivity index (χ4v) is 5.54. The summed E-state index contributed by atoms with van der Waals surface area (Å²) in [7, 11) is -3.87. The Kier molecular flexibility index (Phi) is 5.60. The zero-order valence-corrected chi connectivity index (χ0v) is 13.4. The summed E-state index contributed by atoms with van der Waals surface area (Å²) in [6.07, 6.45) is 0.523. The number of thiophene rings is 1. The van der Waals surface area contributed by atoms with Gasteiger partial charge in [0.1, 0.15) is 15.8 Å². The van der Waals surface area contributed by atoms with Gasteiger partial charge in [-0.2, -0.15) is 4.31 Å². The van der Waals surface area contributed by atoms with Crippen LogP contribution in [0.4, 0.5) is 0 Å². The number of hydrogen-bond acceptors (Lipinski definition) is 4. The molecule has 1 N–H and O–H groups in total. The molecule has 1 aromatic rings. The molecule has 0 unspecified atom stereocenters. The molecule has 0 saturated heterocycles. The molecule has 5 nitrogen and oxygen atoms in total. The van der Waals surface area contributed by atoms with E-state index in [1.807, 2.05) is 0 Å². The van der Waals surface area contributed by atoms with E-state index in [1.54, 1.807) is 6.92 Å². The summed E-state index contributed by atoms with van der Waals surface area (Å²) in [6, 6.07) is 1.38. The normalized spacial score (nSPS) is 12.0. The van der Waals surface area contributed by atoms with E-state index >= 15 is 0 Å². The minimum absolute atomic E-state index is 0.0595. The molecule has 0 atom stereocenters. The Hall–Kier alpha value is -0.150. The third-order valence-corrected chi connectivity index (χ3v) is 6.00. The van der Waals surface area contributed by atoms with Gasteiger partial charge in [0.2, 0.25) is 10.0 Å². The van der Waals surface area contributed by atoms with E-state index in [-0.39, 0.29) is 15.8 Å². The number of carbonyl (C=O) groups is 1. The van der Waals surface area contributed by atoms with E-state index in [0.29, 0.717) is 10.2 Å². The summed E-state index contributed by atoms with van der Waals surface area (Å²) in [5.74, 6) is -1.20. The predicted molar refractivity (Wildman–Crippen MR) is 73.7 cm³/mol. The lowest BCUT2D eigenvalue weighted by Crippen LogP contribution is -2.36. The standard InChI is InChI=1S/C9H11BrClNO4S2/c1-2-3-12(5-8(13)14)18(15,16)6-4-7(10)17-9(6)11/h4H,2-3,5H2,1H3,(H,13,14). The zero-order chi connectivity index (χ0) is 13.9. The molecule has 102 valence electrons. The van der Waals surface area contributed by atoms with Crippen LogP contribution in [0.1, 0.15) is 13.3 Å². The summed E-state index contributed by atoms with van der Waals surface area (Å²) in [5, 5.41) is 8.75. The van der Waals surface area contributed by atoms with Crippen LogP contribution in [0.15, 0.2) is 14.7 Å². The average Bonchev–Trinajstić information content (AvgIpc) is 2.57. The Morgan fingerprint density at radius 3 is 2.61 bits per heavy atom. The third kappa shape index (κ3) is 3.67. The molecule has 0 amide bonds. The van der Waals surface area contributed by atoms with E-state index in [2.05, 4.69) is 15.9 Å². The number of nitrogens with zero attached hydrogens (tertiary/aromatic N) is 1. The van der Waals surface area contributed by atoms with Gasteiger partial charge in [-0.05, 0) is 28.4 Å². The van der Waals surface area contributed by atoms with E-state index < -0.39 is 22.5 Å². The Morgan fingerprint density at radius 1 is 1.61 bits per heavy atom. The van der Waals surface area contributed by atoms with Gasteiger partial charge in [-0.1, -0.05) is 18.5 Å². The minimum Gasteiger partial charge on any atom is -0.480 e. The number of halogens is 2. The molecule has 0 radical (unpaired) electrons. The largest absolute Gasteiger partial charge is 0.480 e. The molecular formula is C9H11BrClNO4S2. The number of sulfonamides is 1. The molecule has 1 heterocycles. The highest BCUT2D eigenvalue weighted by atomic mass is 79.9. The molecule has 0 aromatic carbocycles. The minimum atomic E-state index is -3.87. The molecule has 0 spiro atoms. The highest BCUT2D eigenvalue weighted by molar-refractivity contribution is 9.11. The van der Waals surface area contributed by atoms with Crippen molar-refractivity contribution >= 4 is 54.9 Å². The van der Waals surface area contributed by atoms with E-state index in [1.165, 1.54) is 6.07 Å². The van der Waals surface area contributed by atoms with Gasteiger partial charge in [0, 0.05) is 6.54 Å². The molecule has 0 bridgehead atoms. The van der Waals surface area contributed by atoms with Crippen molar-refractivity contribution in [2.45, 2.75) is 18.2 Å². The third-order valence-electron chi connectivity index (χ3n) is 2.03. The molecule has 0 aliphatic heterocycles. The fourth-order valence-electron chi connectivity index (χ4n) is 1.32. The molecule has 9 heteroatoms. The molecule has 0 fully saturated rings. The van der Waals surface area contributed by atoms with Crippen LogP contribution in [0.5, 0.6) is 0 Å². The van der Waals surface area contributed by atoms with Crippen molar-refractivity contribution in [2.24, 2.45) is 0 Å². The van der Waals surface area contributed by atoms with E-state index in [9.17, 15) is 13.2 Å². The highest BCUT2D eigenvalue weighted by Crippen LogP contribution is 2.35. The number of carboxylic acids is 1. The summed E-state index contributed by atoms with van der Waals surface area (Å²) >= 11 is 10.1. The van der Waals surface area contributed by atoms with Gasteiger partial charge in [-0.25, -0.2) is 8.42 Å². The van der Waals surface area contributed by atoms with Crippen LogP contribution < -0.4 is 0 Å². The van der Waals surface area contributed by atoms with Gasteiger partial charge in [0.15, 0.2) is 0 Å². The second kappa shape index (κ2) is 6.33. The van der Waals surface area contributed by atoms with Crippen LogP contribution in [-0.4, -0.2) is 36.9 Å². The quantitative estimate of drug-likeness (QED) is 0.828. The van der Waals surface area contributed by atoms with Crippen molar-refractivity contribution in [1.82, 2.24) is 4.31 Å². The van der Waals surface area contributed by atoms with Crippen LogP contribution in [0.3, 0.4) is 0 Å². The first-order valence-electron chi connectivity index (χ1n) is 4.95. The number of aliphatic carboxylic acids is 1. The maximum absolute atomic E-state index is 12.3. The Bertz CT molecular complexity index is 543. The number of hydrogen-bond donors (Lipinski definition) is 1. The van der Waals surface area contributed by atoms with E-state index in [4.69, 9.17) is 16.7 Å². The molecule has 1 aromatic heterocycles. The first kappa shape index (κ1) is 15.9. The van der Waals surface area contributed by atoms with Crippen molar-refractivity contribution < 1.29 is 18.3 Å².